The van der Waals surface area contributed by atoms with Crippen molar-refractivity contribution in [3.63, 3.8) is 0 Å². The van der Waals surface area contributed by atoms with Crippen LogP contribution in [0.2, 0.25) is 0 Å². The molecule has 1 aliphatic rings. The van der Waals surface area contributed by atoms with Gasteiger partial charge < -0.3 is 20.3 Å². The van der Waals surface area contributed by atoms with Crippen molar-refractivity contribution in [2.24, 2.45) is 0 Å². The SMILES string of the molecule is CNC(=O)c1cnn([C@@H]2CCCN(C(=O)c3cccnc3Nc3cccc(OC)c3)CC2)c1. The zero-order chi connectivity index (χ0) is 23.2. The van der Waals surface area contributed by atoms with Crippen LogP contribution in [-0.4, -0.2) is 58.7 Å². The Morgan fingerprint density at radius 1 is 1.15 bits per heavy atom. The highest BCUT2D eigenvalue weighted by Crippen LogP contribution is 2.26. The summed E-state index contributed by atoms with van der Waals surface area (Å²) >= 11 is 0. The highest BCUT2D eigenvalue weighted by molar-refractivity contribution is 5.99. The number of anilines is 2. The summed E-state index contributed by atoms with van der Waals surface area (Å²) in [7, 11) is 3.22. The Kier molecular flexibility index (Phi) is 6.87. The molecule has 0 bridgehead atoms. The molecule has 0 spiro atoms. The lowest BCUT2D eigenvalue weighted by atomic mass is 10.1. The summed E-state index contributed by atoms with van der Waals surface area (Å²) in [6.07, 6.45) is 7.53. The fraction of sp³-hybridized carbons (Fsp3) is 0.333. The molecule has 33 heavy (non-hydrogen) atoms. The van der Waals surface area contributed by atoms with E-state index in [1.165, 1.54) is 0 Å². The fourth-order valence-electron chi connectivity index (χ4n) is 4.03. The van der Waals surface area contributed by atoms with Crippen LogP contribution in [0.5, 0.6) is 5.75 Å². The number of methoxy groups -OCH3 is 1. The van der Waals surface area contributed by atoms with E-state index in [0.29, 0.717) is 30.0 Å². The maximum atomic E-state index is 13.4. The van der Waals surface area contributed by atoms with Gasteiger partial charge in [0.05, 0.1) is 30.5 Å². The maximum absolute atomic E-state index is 13.4. The molecule has 172 valence electrons. The number of benzene rings is 1. The van der Waals surface area contributed by atoms with Gasteiger partial charge in [-0.05, 0) is 43.5 Å². The first-order chi connectivity index (χ1) is 16.1. The van der Waals surface area contributed by atoms with Crippen molar-refractivity contribution in [2.75, 3.05) is 32.6 Å². The summed E-state index contributed by atoms with van der Waals surface area (Å²) in [4.78, 5) is 31.5. The van der Waals surface area contributed by atoms with Crippen LogP contribution in [0.3, 0.4) is 0 Å². The van der Waals surface area contributed by atoms with Crippen molar-refractivity contribution in [3.05, 3.63) is 66.1 Å². The molecule has 1 fully saturated rings. The molecule has 1 aliphatic heterocycles. The van der Waals surface area contributed by atoms with E-state index in [-0.39, 0.29) is 17.9 Å². The van der Waals surface area contributed by atoms with Crippen LogP contribution in [0.15, 0.2) is 55.0 Å². The number of hydrogen-bond acceptors (Lipinski definition) is 6. The molecule has 0 unspecified atom stereocenters. The third-order valence-corrected chi connectivity index (χ3v) is 5.82. The van der Waals surface area contributed by atoms with E-state index in [9.17, 15) is 9.59 Å². The molecule has 2 amide bonds. The second-order valence-electron chi connectivity index (χ2n) is 7.92. The Balaban J connectivity index is 1.46. The van der Waals surface area contributed by atoms with E-state index in [2.05, 4.69) is 20.7 Å². The highest BCUT2D eigenvalue weighted by atomic mass is 16.5. The minimum absolute atomic E-state index is 0.0549. The minimum atomic E-state index is -0.153. The van der Waals surface area contributed by atoms with Gasteiger partial charge >= 0.3 is 0 Å². The number of carbonyl (C=O) groups excluding carboxylic acids is 2. The van der Waals surface area contributed by atoms with E-state index in [0.717, 1.165) is 30.7 Å². The number of nitrogens with one attached hydrogen (secondary N) is 2. The van der Waals surface area contributed by atoms with E-state index in [4.69, 9.17) is 4.74 Å². The second kappa shape index (κ2) is 10.2. The molecule has 0 aliphatic carbocycles. The van der Waals surface area contributed by atoms with Crippen molar-refractivity contribution in [1.29, 1.82) is 0 Å². The summed E-state index contributed by atoms with van der Waals surface area (Å²) in [5.74, 6) is 1.03. The number of aromatic nitrogens is 3. The van der Waals surface area contributed by atoms with Gasteiger partial charge in [-0.15, -0.1) is 0 Å². The fourth-order valence-corrected chi connectivity index (χ4v) is 4.03. The third kappa shape index (κ3) is 5.14. The number of pyridine rings is 1. The molecule has 9 heteroatoms. The quantitative estimate of drug-likeness (QED) is 0.600. The van der Waals surface area contributed by atoms with Gasteiger partial charge in [-0.2, -0.15) is 5.10 Å². The molecule has 3 aromatic rings. The van der Waals surface area contributed by atoms with Crippen molar-refractivity contribution in [1.82, 2.24) is 25.0 Å². The van der Waals surface area contributed by atoms with E-state index in [1.54, 1.807) is 44.9 Å². The molecule has 1 saturated heterocycles. The average Bonchev–Trinajstić information content (AvgIpc) is 3.21. The number of amides is 2. The van der Waals surface area contributed by atoms with Crippen LogP contribution in [0.4, 0.5) is 11.5 Å². The van der Waals surface area contributed by atoms with Gasteiger partial charge in [-0.1, -0.05) is 6.07 Å². The minimum Gasteiger partial charge on any atom is -0.497 e. The molecule has 1 atom stereocenters. The van der Waals surface area contributed by atoms with Crippen LogP contribution < -0.4 is 15.4 Å². The second-order valence-corrected chi connectivity index (χ2v) is 7.92. The lowest BCUT2D eigenvalue weighted by molar-refractivity contribution is 0.0760. The average molecular weight is 449 g/mol. The molecule has 0 saturated carbocycles. The molecule has 4 rings (SSSR count). The van der Waals surface area contributed by atoms with Crippen molar-refractivity contribution in [2.45, 2.75) is 25.3 Å². The Morgan fingerprint density at radius 2 is 2.03 bits per heavy atom. The normalized spacial score (nSPS) is 16.1. The molecule has 0 radical (unpaired) electrons. The maximum Gasteiger partial charge on any atom is 0.257 e. The molecule has 2 N–H and O–H groups in total. The first-order valence-electron chi connectivity index (χ1n) is 11.0. The summed E-state index contributed by atoms with van der Waals surface area (Å²) in [5, 5.41) is 10.2. The standard InChI is InChI=1S/C24H28N6O3/c1-25-23(31)17-15-27-30(16-17)19-7-5-12-29(13-10-19)24(32)21-9-4-11-26-22(21)28-18-6-3-8-20(14-18)33-2/h3-4,6,8-9,11,14-16,19H,5,7,10,12-13H2,1-2H3,(H,25,31)(H,26,28)/t19-/m1/s1. The zero-order valence-electron chi connectivity index (χ0n) is 18.8. The largest absolute Gasteiger partial charge is 0.497 e. The zero-order valence-corrected chi connectivity index (χ0v) is 18.8. The molecule has 3 heterocycles. The predicted octanol–water partition coefficient (Wildman–Crippen LogP) is 3.26. The smallest absolute Gasteiger partial charge is 0.257 e. The lowest BCUT2D eigenvalue weighted by Crippen LogP contribution is -2.32. The first-order valence-corrected chi connectivity index (χ1v) is 11.0. The van der Waals surface area contributed by atoms with Crippen LogP contribution in [-0.2, 0) is 0 Å². The number of hydrogen-bond donors (Lipinski definition) is 2. The third-order valence-electron chi connectivity index (χ3n) is 5.82. The Bertz CT molecular complexity index is 1130. The monoisotopic (exact) mass is 448 g/mol. The van der Waals surface area contributed by atoms with Gasteiger partial charge in [-0.25, -0.2) is 4.98 Å². The summed E-state index contributed by atoms with van der Waals surface area (Å²) < 4.78 is 7.13. The number of carbonyl (C=O) groups is 2. The van der Waals surface area contributed by atoms with Gasteiger partial charge in [-0.3, -0.25) is 14.3 Å². The summed E-state index contributed by atoms with van der Waals surface area (Å²) in [6, 6.07) is 11.2. The number of ether oxygens (including phenoxy) is 1. The van der Waals surface area contributed by atoms with Crippen molar-refractivity contribution < 1.29 is 14.3 Å². The van der Waals surface area contributed by atoms with Gasteiger partial charge in [0.1, 0.15) is 11.6 Å². The molecule has 2 aromatic heterocycles. The van der Waals surface area contributed by atoms with Gasteiger partial charge in [0.2, 0.25) is 0 Å². The molecule has 1 aromatic carbocycles. The number of rotatable bonds is 6. The highest BCUT2D eigenvalue weighted by Gasteiger charge is 2.25. The van der Waals surface area contributed by atoms with Crippen LogP contribution in [0.1, 0.15) is 46.0 Å². The van der Waals surface area contributed by atoms with Crippen LogP contribution in [0.25, 0.3) is 0 Å². The van der Waals surface area contributed by atoms with Crippen LogP contribution in [0, 0.1) is 0 Å². The van der Waals surface area contributed by atoms with Gasteiger partial charge in [0.15, 0.2) is 0 Å². The first kappa shape index (κ1) is 22.3. The summed E-state index contributed by atoms with van der Waals surface area (Å²) in [6.45, 7) is 1.26. The Morgan fingerprint density at radius 3 is 2.85 bits per heavy atom. The van der Waals surface area contributed by atoms with Crippen molar-refractivity contribution >= 4 is 23.3 Å². The number of nitrogens with zero attached hydrogens (tertiary/aromatic N) is 4. The van der Waals surface area contributed by atoms with E-state index >= 15 is 0 Å². The van der Waals surface area contributed by atoms with Gasteiger partial charge in [0, 0.05) is 44.3 Å². The molecular formula is C24H28N6O3. The van der Waals surface area contributed by atoms with E-state index in [1.807, 2.05) is 33.8 Å². The van der Waals surface area contributed by atoms with Crippen molar-refractivity contribution in [3.8, 4) is 5.75 Å². The lowest BCUT2D eigenvalue weighted by Gasteiger charge is -2.22. The number of likely N-dealkylation sites (tertiary alicyclic amines) is 1. The topological polar surface area (TPSA) is 101 Å². The Labute approximate surface area is 192 Å². The summed E-state index contributed by atoms with van der Waals surface area (Å²) in [5.41, 5.74) is 1.86. The van der Waals surface area contributed by atoms with Crippen LogP contribution >= 0.6 is 0 Å². The predicted molar refractivity (Wildman–Crippen MR) is 125 cm³/mol. The Hall–Kier alpha value is -3.88. The van der Waals surface area contributed by atoms with Gasteiger partial charge in [0.25, 0.3) is 11.8 Å². The molecule has 9 nitrogen and oxygen atoms in total. The van der Waals surface area contributed by atoms with E-state index < -0.39 is 0 Å². The molecular weight excluding hydrogens is 420 g/mol.